The first kappa shape index (κ1) is 18.6. The summed E-state index contributed by atoms with van der Waals surface area (Å²) < 4.78 is 0. The predicted molar refractivity (Wildman–Crippen MR) is 101 cm³/mol. The van der Waals surface area contributed by atoms with E-state index < -0.39 is 0 Å². The van der Waals surface area contributed by atoms with Crippen molar-refractivity contribution in [1.29, 1.82) is 0 Å². The van der Waals surface area contributed by atoms with Gasteiger partial charge in [-0.3, -0.25) is 9.80 Å². The molecule has 4 N–H and O–H groups in total. The van der Waals surface area contributed by atoms with E-state index in [-0.39, 0.29) is 6.17 Å². The predicted octanol–water partition coefficient (Wildman–Crippen LogP) is 2.25. The topological polar surface area (TPSA) is 58.5 Å². The summed E-state index contributed by atoms with van der Waals surface area (Å²) >= 11 is 0. The lowest BCUT2D eigenvalue weighted by Crippen LogP contribution is -2.49. The van der Waals surface area contributed by atoms with Crippen LogP contribution in [0.1, 0.15) is 18.1 Å². The van der Waals surface area contributed by atoms with E-state index in [4.69, 9.17) is 11.5 Å². The molecule has 130 valence electrons. The van der Waals surface area contributed by atoms with Crippen LogP contribution in [-0.4, -0.2) is 42.1 Å². The molecule has 0 aromatic heterocycles. The van der Waals surface area contributed by atoms with Crippen LogP contribution in [0.4, 0.5) is 0 Å². The molecule has 2 aromatic carbocycles. The van der Waals surface area contributed by atoms with Crippen LogP contribution in [0.15, 0.2) is 60.7 Å². The SMILES string of the molecule is CC(N(CCN)Cc1ccccc1)N(CCN)Cc1ccccc1. The van der Waals surface area contributed by atoms with Gasteiger partial charge in [-0.15, -0.1) is 0 Å². The second-order valence-electron chi connectivity index (χ2n) is 6.12. The zero-order chi connectivity index (χ0) is 17.2. The highest BCUT2D eigenvalue weighted by Crippen LogP contribution is 2.14. The highest BCUT2D eigenvalue weighted by molar-refractivity contribution is 5.15. The Morgan fingerprint density at radius 3 is 1.42 bits per heavy atom. The molecule has 0 unspecified atom stereocenters. The van der Waals surface area contributed by atoms with Gasteiger partial charge >= 0.3 is 0 Å². The maximum absolute atomic E-state index is 5.86. The number of rotatable bonds is 10. The second kappa shape index (κ2) is 10.2. The third-order valence-corrected chi connectivity index (χ3v) is 4.35. The van der Waals surface area contributed by atoms with Crippen molar-refractivity contribution < 1.29 is 0 Å². The Labute approximate surface area is 146 Å². The Kier molecular flexibility index (Phi) is 7.92. The lowest BCUT2D eigenvalue weighted by molar-refractivity contribution is 0.0471. The fraction of sp³-hybridized carbons (Fsp3) is 0.400. The van der Waals surface area contributed by atoms with Gasteiger partial charge in [0, 0.05) is 39.3 Å². The van der Waals surface area contributed by atoms with Crippen molar-refractivity contribution in [3.8, 4) is 0 Å². The van der Waals surface area contributed by atoms with Gasteiger partial charge in [0.15, 0.2) is 0 Å². The molecule has 0 saturated carbocycles. The van der Waals surface area contributed by atoms with E-state index >= 15 is 0 Å². The number of nitrogens with two attached hydrogens (primary N) is 2. The van der Waals surface area contributed by atoms with E-state index in [2.05, 4.69) is 77.4 Å². The molecule has 0 amide bonds. The van der Waals surface area contributed by atoms with Gasteiger partial charge in [0.25, 0.3) is 0 Å². The molecule has 0 aliphatic heterocycles. The van der Waals surface area contributed by atoms with Gasteiger partial charge in [0.2, 0.25) is 0 Å². The monoisotopic (exact) mass is 326 g/mol. The number of hydrogen-bond donors (Lipinski definition) is 2. The molecule has 2 rings (SSSR count). The lowest BCUT2D eigenvalue weighted by atomic mass is 10.1. The summed E-state index contributed by atoms with van der Waals surface area (Å²) in [4.78, 5) is 4.85. The van der Waals surface area contributed by atoms with Crippen LogP contribution >= 0.6 is 0 Å². The van der Waals surface area contributed by atoms with Crippen LogP contribution in [0, 0.1) is 0 Å². The van der Waals surface area contributed by atoms with E-state index in [0.717, 1.165) is 26.2 Å². The zero-order valence-corrected chi connectivity index (χ0v) is 14.6. The van der Waals surface area contributed by atoms with E-state index in [1.165, 1.54) is 11.1 Å². The summed E-state index contributed by atoms with van der Waals surface area (Å²) in [6, 6.07) is 21.1. The molecule has 0 fully saturated rings. The second-order valence-corrected chi connectivity index (χ2v) is 6.12. The molecule has 0 radical (unpaired) electrons. The Hall–Kier alpha value is -1.72. The van der Waals surface area contributed by atoms with Crippen LogP contribution in [0.3, 0.4) is 0 Å². The third kappa shape index (κ3) is 5.73. The molecular formula is C20H30N4. The van der Waals surface area contributed by atoms with E-state index in [1.807, 2.05) is 0 Å². The maximum Gasteiger partial charge on any atom is 0.0600 e. The lowest BCUT2D eigenvalue weighted by Gasteiger charge is -2.37. The van der Waals surface area contributed by atoms with E-state index in [1.54, 1.807) is 0 Å². The Bertz CT molecular complexity index is 507. The Morgan fingerprint density at radius 1 is 0.708 bits per heavy atom. The summed E-state index contributed by atoms with van der Waals surface area (Å²) in [6.45, 7) is 7.08. The van der Waals surface area contributed by atoms with E-state index in [9.17, 15) is 0 Å². The average molecular weight is 326 g/mol. The molecule has 0 bridgehead atoms. The van der Waals surface area contributed by atoms with Crippen molar-refractivity contribution in [2.24, 2.45) is 11.5 Å². The molecule has 0 spiro atoms. The van der Waals surface area contributed by atoms with Crippen molar-refractivity contribution in [2.45, 2.75) is 26.2 Å². The summed E-state index contributed by atoms with van der Waals surface area (Å²) in [5.74, 6) is 0. The molecular weight excluding hydrogens is 296 g/mol. The maximum atomic E-state index is 5.86. The van der Waals surface area contributed by atoms with Crippen molar-refractivity contribution in [3.63, 3.8) is 0 Å². The highest BCUT2D eigenvalue weighted by Gasteiger charge is 2.20. The van der Waals surface area contributed by atoms with Crippen molar-refractivity contribution >= 4 is 0 Å². The number of nitrogens with zero attached hydrogens (tertiary/aromatic N) is 2. The van der Waals surface area contributed by atoms with Gasteiger partial charge in [-0.05, 0) is 18.1 Å². The molecule has 0 heterocycles. The fourth-order valence-corrected chi connectivity index (χ4v) is 2.99. The largest absolute Gasteiger partial charge is 0.329 e. The molecule has 4 nitrogen and oxygen atoms in total. The van der Waals surface area contributed by atoms with Crippen molar-refractivity contribution in [2.75, 3.05) is 26.2 Å². The Balaban J connectivity index is 2.09. The van der Waals surface area contributed by atoms with Gasteiger partial charge < -0.3 is 11.5 Å². The van der Waals surface area contributed by atoms with Crippen molar-refractivity contribution in [3.05, 3.63) is 71.8 Å². The quantitative estimate of drug-likeness (QED) is 0.658. The van der Waals surface area contributed by atoms with Crippen LogP contribution in [0.5, 0.6) is 0 Å². The average Bonchev–Trinajstić information content (AvgIpc) is 2.62. The zero-order valence-electron chi connectivity index (χ0n) is 14.6. The van der Waals surface area contributed by atoms with Gasteiger partial charge in [0.1, 0.15) is 0 Å². The first-order valence-electron chi connectivity index (χ1n) is 8.70. The normalized spacial score (nSPS) is 11.6. The minimum atomic E-state index is 0.275. The van der Waals surface area contributed by atoms with E-state index in [0.29, 0.717) is 13.1 Å². The molecule has 4 heteroatoms. The minimum absolute atomic E-state index is 0.275. The summed E-state index contributed by atoms with van der Waals surface area (Å²) in [7, 11) is 0. The van der Waals surface area contributed by atoms with Gasteiger partial charge in [-0.2, -0.15) is 0 Å². The molecule has 0 aliphatic rings. The standard InChI is InChI=1S/C20H30N4/c1-18(23(14-12-21)16-19-8-4-2-5-9-19)24(15-13-22)17-20-10-6-3-7-11-20/h2-11,18H,12-17,21-22H2,1H3. The van der Waals surface area contributed by atoms with Crippen molar-refractivity contribution in [1.82, 2.24) is 9.80 Å². The summed E-state index contributed by atoms with van der Waals surface area (Å²) in [6.07, 6.45) is 0.275. The Morgan fingerprint density at radius 2 is 1.08 bits per heavy atom. The van der Waals surface area contributed by atoms with Crippen LogP contribution in [0.2, 0.25) is 0 Å². The molecule has 0 saturated heterocycles. The molecule has 24 heavy (non-hydrogen) atoms. The molecule has 2 aromatic rings. The smallest absolute Gasteiger partial charge is 0.0600 e. The fourth-order valence-electron chi connectivity index (χ4n) is 2.99. The minimum Gasteiger partial charge on any atom is -0.329 e. The first-order valence-corrected chi connectivity index (χ1v) is 8.70. The summed E-state index contributed by atoms with van der Waals surface area (Å²) in [5.41, 5.74) is 14.3. The third-order valence-electron chi connectivity index (χ3n) is 4.35. The summed E-state index contributed by atoms with van der Waals surface area (Å²) in [5, 5.41) is 0. The molecule has 0 aliphatic carbocycles. The first-order chi connectivity index (χ1) is 11.7. The van der Waals surface area contributed by atoms with Crippen LogP contribution in [-0.2, 0) is 13.1 Å². The molecule has 0 atom stereocenters. The number of hydrogen-bond acceptors (Lipinski definition) is 4. The number of benzene rings is 2. The van der Waals surface area contributed by atoms with Crippen LogP contribution < -0.4 is 11.5 Å². The van der Waals surface area contributed by atoms with Gasteiger partial charge in [-0.1, -0.05) is 60.7 Å². The van der Waals surface area contributed by atoms with Gasteiger partial charge in [-0.25, -0.2) is 0 Å². The van der Waals surface area contributed by atoms with Gasteiger partial charge in [0.05, 0.1) is 6.17 Å². The highest BCUT2D eigenvalue weighted by atomic mass is 15.3. The van der Waals surface area contributed by atoms with Crippen LogP contribution in [0.25, 0.3) is 0 Å².